The molecule has 3 aromatic rings. The maximum absolute atomic E-state index is 12.6. The summed E-state index contributed by atoms with van der Waals surface area (Å²) in [6.07, 6.45) is 2.27. The van der Waals surface area contributed by atoms with E-state index in [1.165, 1.54) is 12.1 Å². The first-order chi connectivity index (χ1) is 12.5. The smallest absolute Gasteiger partial charge is 0.263 e. The summed E-state index contributed by atoms with van der Waals surface area (Å²) in [5.41, 5.74) is 1.43. The van der Waals surface area contributed by atoms with E-state index in [0.29, 0.717) is 23.6 Å². The second-order valence-corrected chi connectivity index (χ2v) is 7.78. The minimum atomic E-state index is -3.76. The summed E-state index contributed by atoms with van der Waals surface area (Å²) >= 11 is 5.94. The number of halogens is 1. The Balaban J connectivity index is 1.99. The number of hydrogen-bond donors (Lipinski definition) is 2. The fraction of sp³-hybridized carbons (Fsp3) is 0.167. The lowest BCUT2D eigenvalue weighted by Crippen LogP contribution is -2.14. The van der Waals surface area contributed by atoms with Crippen LogP contribution in [0.5, 0.6) is 0 Å². The zero-order chi connectivity index (χ0) is 18.6. The Hall–Kier alpha value is -2.35. The molecule has 0 amide bonds. The van der Waals surface area contributed by atoms with E-state index in [-0.39, 0.29) is 17.3 Å². The molecule has 0 fully saturated rings. The molecule has 0 aliphatic heterocycles. The first-order valence-corrected chi connectivity index (χ1v) is 9.88. The predicted octanol–water partition coefficient (Wildman–Crippen LogP) is 3.39. The zero-order valence-electron chi connectivity index (χ0n) is 13.8. The van der Waals surface area contributed by atoms with E-state index in [9.17, 15) is 8.42 Å². The number of aliphatic hydroxyl groups is 1. The van der Waals surface area contributed by atoms with Crippen molar-refractivity contribution in [1.29, 1.82) is 0 Å². The van der Waals surface area contributed by atoms with Crippen LogP contribution in [0.1, 0.15) is 6.42 Å². The minimum Gasteiger partial charge on any atom is -0.396 e. The Labute approximate surface area is 157 Å². The lowest BCUT2D eigenvalue weighted by molar-refractivity contribution is 0.277. The highest BCUT2D eigenvalue weighted by molar-refractivity contribution is 7.92. The largest absolute Gasteiger partial charge is 0.396 e. The average Bonchev–Trinajstić information content (AvgIpc) is 3.03. The quantitative estimate of drug-likeness (QED) is 0.646. The summed E-state index contributed by atoms with van der Waals surface area (Å²) in [5.74, 6) is 0.231. The molecule has 0 saturated heterocycles. The van der Waals surface area contributed by atoms with Crippen molar-refractivity contribution in [3.63, 3.8) is 0 Å². The second-order valence-electron chi connectivity index (χ2n) is 5.66. The molecule has 0 unspecified atom stereocenters. The van der Waals surface area contributed by atoms with Crippen molar-refractivity contribution in [3.8, 4) is 11.1 Å². The highest BCUT2D eigenvalue weighted by Gasteiger charge is 2.19. The number of nitrogens with one attached hydrogen (secondary N) is 1. The van der Waals surface area contributed by atoms with Crippen LogP contribution in [-0.2, 0) is 16.6 Å². The fourth-order valence-electron chi connectivity index (χ4n) is 2.47. The molecule has 0 bridgehead atoms. The van der Waals surface area contributed by atoms with Crippen molar-refractivity contribution in [2.24, 2.45) is 0 Å². The predicted molar refractivity (Wildman–Crippen MR) is 102 cm³/mol. The van der Waals surface area contributed by atoms with Gasteiger partial charge in [0.15, 0.2) is 5.82 Å². The molecule has 8 heteroatoms. The van der Waals surface area contributed by atoms with Gasteiger partial charge < -0.3 is 5.11 Å². The summed E-state index contributed by atoms with van der Waals surface area (Å²) in [6, 6.07) is 15.2. The fourth-order valence-corrected chi connectivity index (χ4v) is 3.64. The van der Waals surface area contributed by atoms with Gasteiger partial charge in [0.1, 0.15) is 0 Å². The maximum atomic E-state index is 12.6. The number of benzene rings is 2. The number of hydrogen-bond acceptors (Lipinski definition) is 4. The van der Waals surface area contributed by atoms with Gasteiger partial charge in [-0.25, -0.2) is 8.42 Å². The van der Waals surface area contributed by atoms with Gasteiger partial charge in [0.25, 0.3) is 10.0 Å². The molecule has 3 rings (SSSR count). The summed E-state index contributed by atoms with van der Waals surface area (Å²) in [4.78, 5) is 0.159. The number of aryl methyl sites for hydroxylation is 1. The number of aromatic nitrogens is 2. The third-order valence-corrected chi connectivity index (χ3v) is 5.35. The third-order valence-electron chi connectivity index (χ3n) is 3.75. The van der Waals surface area contributed by atoms with Crippen LogP contribution >= 0.6 is 11.6 Å². The normalized spacial score (nSPS) is 11.5. The van der Waals surface area contributed by atoms with Crippen LogP contribution in [0.2, 0.25) is 5.02 Å². The maximum Gasteiger partial charge on any atom is 0.263 e. The Morgan fingerprint density at radius 3 is 2.42 bits per heavy atom. The number of aliphatic hydroxyl groups excluding tert-OH is 1. The van der Waals surface area contributed by atoms with Gasteiger partial charge in [-0.15, -0.1) is 0 Å². The highest BCUT2D eigenvalue weighted by Crippen LogP contribution is 2.29. The molecular weight excluding hydrogens is 374 g/mol. The summed E-state index contributed by atoms with van der Waals surface area (Å²) in [5, 5.41) is 13.9. The molecule has 0 atom stereocenters. The molecule has 1 heterocycles. The van der Waals surface area contributed by atoms with Crippen LogP contribution in [0.4, 0.5) is 5.82 Å². The van der Waals surface area contributed by atoms with Crippen molar-refractivity contribution >= 4 is 27.4 Å². The highest BCUT2D eigenvalue weighted by atomic mass is 35.5. The molecule has 0 radical (unpaired) electrons. The molecule has 2 aromatic carbocycles. The summed E-state index contributed by atoms with van der Waals surface area (Å²) in [6.45, 7) is 0.505. The van der Waals surface area contributed by atoms with Gasteiger partial charge >= 0.3 is 0 Å². The van der Waals surface area contributed by atoms with Crippen LogP contribution in [-0.4, -0.2) is 29.9 Å². The molecule has 26 heavy (non-hydrogen) atoms. The Morgan fingerprint density at radius 1 is 1.08 bits per heavy atom. The SMILES string of the molecule is O=S(=O)(Nc1nn(CCCO)cc1-c1ccc(Cl)cc1)c1ccccc1. The van der Waals surface area contributed by atoms with Gasteiger partial charge in [-0.2, -0.15) is 5.10 Å². The minimum absolute atomic E-state index is 0.0290. The van der Waals surface area contributed by atoms with Crippen LogP contribution in [0, 0.1) is 0 Å². The van der Waals surface area contributed by atoms with Crippen molar-refractivity contribution in [2.75, 3.05) is 11.3 Å². The second kappa shape index (κ2) is 7.90. The number of nitrogens with zero attached hydrogens (tertiary/aromatic N) is 2. The van der Waals surface area contributed by atoms with Gasteiger partial charge in [0.2, 0.25) is 0 Å². The van der Waals surface area contributed by atoms with Crippen molar-refractivity contribution in [3.05, 3.63) is 65.8 Å². The number of sulfonamides is 1. The van der Waals surface area contributed by atoms with E-state index in [4.69, 9.17) is 16.7 Å². The molecule has 136 valence electrons. The summed E-state index contributed by atoms with van der Waals surface area (Å²) in [7, 11) is -3.76. The summed E-state index contributed by atoms with van der Waals surface area (Å²) < 4.78 is 29.5. The molecule has 0 spiro atoms. The van der Waals surface area contributed by atoms with E-state index in [1.807, 2.05) is 0 Å². The average molecular weight is 392 g/mol. The third kappa shape index (κ3) is 4.24. The van der Waals surface area contributed by atoms with Gasteiger partial charge in [-0.3, -0.25) is 9.40 Å². The Bertz CT molecular complexity index is 971. The van der Waals surface area contributed by atoms with Crippen molar-refractivity contribution in [2.45, 2.75) is 17.9 Å². The zero-order valence-corrected chi connectivity index (χ0v) is 15.4. The first kappa shape index (κ1) is 18.4. The molecule has 1 aromatic heterocycles. The van der Waals surface area contributed by atoms with Crippen LogP contribution in [0.3, 0.4) is 0 Å². The number of rotatable bonds is 7. The standard InChI is InChI=1S/C18H18ClN3O3S/c19-15-9-7-14(8-10-15)17-13-22(11-4-12-23)20-18(17)21-26(24,25)16-5-2-1-3-6-16/h1-3,5-10,13,23H,4,11-12H2,(H,20,21). The van der Waals surface area contributed by atoms with Gasteiger partial charge in [-0.05, 0) is 36.2 Å². The molecule has 6 nitrogen and oxygen atoms in total. The topological polar surface area (TPSA) is 84.2 Å². The lowest BCUT2D eigenvalue weighted by atomic mass is 10.1. The van der Waals surface area contributed by atoms with E-state index in [0.717, 1.165) is 5.56 Å². The monoisotopic (exact) mass is 391 g/mol. The lowest BCUT2D eigenvalue weighted by Gasteiger charge is -2.08. The van der Waals surface area contributed by atoms with Crippen LogP contribution < -0.4 is 4.72 Å². The van der Waals surface area contributed by atoms with Gasteiger partial charge in [-0.1, -0.05) is 41.9 Å². The van der Waals surface area contributed by atoms with E-state index in [1.54, 1.807) is 53.3 Å². The van der Waals surface area contributed by atoms with E-state index in [2.05, 4.69) is 9.82 Å². The van der Waals surface area contributed by atoms with E-state index < -0.39 is 10.0 Å². The van der Waals surface area contributed by atoms with E-state index >= 15 is 0 Å². The number of anilines is 1. The first-order valence-electron chi connectivity index (χ1n) is 8.02. The van der Waals surface area contributed by atoms with Crippen molar-refractivity contribution in [1.82, 2.24) is 9.78 Å². The van der Waals surface area contributed by atoms with Crippen LogP contribution in [0.25, 0.3) is 11.1 Å². The van der Waals surface area contributed by atoms with Gasteiger partial charge in [0, 0.05) is 29.9 Å². The van der Waals surface area contributed by atoms with Crippen LogP contribution in [0.15, 0.2) is 65.7 Å². The molecule has 0 aliphatic carbocycles. The molecule has 2 N–H and O–H groups in total. The van der Waals surface area contributed by atoms with Gasteiger partial charge in [0.05, 0.1) is 4.90 Å². The molecule has 0 saturated carbocycles. The Morgan fingerprint density at radius 2 is 1.77 bits per heavy atom. The molecular formula is C18H18ClN3O3S. The molecule has 0 aliphatic rings. The van der Waals surface area contributed by atoms with Crippen molar-refractivity contribution < 1.29 is 13.5 Å². The Kier molecular flexibility index (Phi) is 5.61.